The Hall–Kier alpha value is -1.17. The summed E-state index contributed by atoms with van der Waals surface area (Å²) in [5.41, 5.74) is 0. The normalized spacial score (nSPS) is 13.9. The summed E-state index contributed by atoms with van der Waals surface area (Å²) in [5, 5.41) is 33.4. The quantitative estimate of drug-likeness (QED) is 0.0393. The highest BCUT2D eigenvalue weighted by Gasteiger charge is 2.26. The molecule has 47 heavy (non-hydrogen) atoms. The van der Waals surface area contributed by atoms with Crippen molar-refractivity contribution in [3.63, 3.8) is 0 Å². The van der Waals surface area contributed by atoms with E-state index in [1.807, 2.05) is 0 Å². The molecule has 0 aromatic rings. The fourth-order valence-corrected chi connectivity index (χ4v) is 6.26. The molecule has 0 bridgehead atoms. The van der Waals surface area contributed by atoms with Crippen molar-refractivity contribution in [2.45, 2.75) is 231 Å². The number of unbranched alkanes of at least 4 members (excludes halogenated alkanes) is 25. The summed E-state index contributed by atoms with van der Waals surface area (Å²) in [6.07, 6.45) is 44.3. The molecular weight excluding hydrogens is 582 g/mol. The van der Waals surface area contributed by atoms with Crippen LogP contribution in [0.5, 0.6) is 0 Å². The van der Waals surface area contributed by atoms with Crippen LogP contribution in [-0.2, 0) is 4.79 Å². The largest absolute Gasteiger partial charge is 0.394 e. The lowest BCUT2D eigenvalue weighted by molar-refractivity contribution is -0.124. The van der Waals surface area contributed by atoms with Crippen LogP contribution in [0.4, 0.5) is 0 Å². The molecule has 0 aromatic heterocycles. The lowest BCUT2D eigenvalue weighted by atomic mass is 10.0. The van der Waals surface area contributed by atoms with Gasteiger partial charge in [-0.2, -0.15) is 0 Å². The molecule has 0 spiro atoms. The monoisotopic (exact) mass is 664 g/mol. The average Bonchev–Trinajstić information content (AvgIpc) is 3.07. The highest BCUT2D eigenvalue weighted by Crippen LogP contribution is 2.15. The van der Waals surface area contributed by atoms with Crippen molar-refractivity contribution in [3.05, 3.63) is 24.3 Å². The molecule has 0 saturated carbocycles. The van der Waals surface area contributed by atoms with Crippen molar-refractivity contribution < 1.29 is 20.1 Å². The van der Waals surface area contributed by atoms with Crippen LogP contribution in [0.1, 0.15) is 213 Å². The van der Waals surface area contributed by atoms with Gasteiger partial charge in [0.05, 0.1) is 18.8 Å². The summed E-state index contributed by atoms with van der Waals surface area (Å²) in [4.78, 5) is 12.3. The summed E-state index contributed by atoms with van der Waals surface area (Å²) in [6.45, 7) is 4.12. The molecule has 3 unspecified atom stereocenters. The van der Waals surface area contributed by atoms with Crippen LogP contribution in [0.3, 0.4) is 0 Å². The summed E-state index contributed by atoms with van der Waals surface area (Å²) in [7, 11) is 0. The average molecular weight is 664 g/mol. The molecule has 0 heterocycles. The first-order valence-electron chi connectivity index (χ1n) is 20.6. The zero-order valence-corrected chi connectivity index (χ0v) is 31.4. The third kappa shape index (κ3) is 33.1. The van der Waals surface area contributed by atoms with Gasteiger partial charge in [-0.05, 0) is 57.8 Å². The van der Waals surface area contributed by atoms with E-state index in [1.54, 1.807) is 0 Å². The second kappa shape index (κ2) is 37.6. The predicted octanol–water partition coefficient (Wildman–Crippen LogP) is 11.4. The minimum atomic E-state index is -1.16. The van der Waals surface area contributed by atoms with Gasteiger partial charge in [-0.15, -0.1) is 0 Å². The number of hydrogen-bond donors (Lipinski definition) is 4. The van der Waals surface area contributed by atoms with Crippen molar-refractivity contribution in [1.29, 1.82) is 0 Å². The molecule has 278 valence electrons. The molecule has 0 radical (unpaired) electrons. The van der Waals surface area contributed by atoms with E-state index >= 15 is 0 Å². The molecule has 0 fully saturated rings. The van der Waals surface area contributed by atoms with Crippen molar-refractivity contribution in [3.8, 4) is 0 Å². The van der Waals surface area contributed by atoms with Crippen molar-refractivity contribution in [2.24, 2.45) is 0 Å². The number of aliphatic hydroxyl groups excluding tert-OH is 3. The van der Waals surface area contributed by atoms with E-state index in [9.17, 15) is 20.1 Å². The van der Waals surface area contributed by atoms with E-state index < -0.39 is 18.2 Å². The first-order valence-corrected chi connectivity index (χ1v) is 20.6. The minimum absolute atomic E-state index is 0.165. The Balaban J connectivity index is 3.64. The van der Waals surface area contributed by atoms with E-state index in [0.29, 0.717) is 12.8 Å². The van der Waals surface area contributed by atoms with Gasteiger partial charge in [0.15, 0.2) is 0 Å². The maximum absolute atomic E-state index is 12.3. The van der Waals surface area contributed by atoms with Gasteiger partial charge in [0.25, 0.3) is 0 Å². The highest BCUT2D eigenvalue weighted by molar-refractivity contribution is 5.76. The van der Waals surface area contributed by atoms with E-state index in [-0.39, 0.29) is 12.5 Å². The van der Waals surface area contributed by atoms with Crippen LogP contribution in [0.25, 0.3) is 0 Å². The van der Waals surface area contributed by atoms with Gasteiger partial charge in [0.2, 0.25) is 5.91 Å². The van der Waals surface area contributed by atoms with Crippen LogP contribution in [-0.4, -0.2) is 46.1 Å². The number of carbonyl (C=O) groups is 1. The maximum atomic E-state index is 12.3. The Morgan fingerprint density at radius 1 is 0.511 bits per heavy atom. The van der Waals surface area contributed by atoms with Gasteiger partial charge in [-0.1, -0.05) is 173 Å². The Morgan fingerprint density at radius 2 is 0.872 bits per heavy atom. The van der Waals surface area contributed by atoms with E-state index in [2.05, 4.69) is 43.5 Å². The topological polar surface area (TPSA) is 89.8 Å². The second-order valence-electron chi connectivity index (χ2n) is 14.2. The lowest BCUT2D eigenvalue weighted by Crippen LogP contribution is -2.50. The van der Waals surface area contributed by atoms with Gasteiger partial charge in [-0.25, -0.2) is 0 Å². The van der Waals surface area contributed by atoms with E-state index in [4.69, 9.17) is 0 Å². The lowest BCUT2D eigenvalue weighted by Gasteiger charge is -2.26. The zero-order valence-electron chi connectivity index (χ0n) is 31.4. The molecule has 5 nitrogen and oxygen atoms in total. The molecule has 0 aromatic carbocycles. The molecule has 4 N–H and O–H groups in total. The number of rotatable bonds is 37. The van der Waals surface area contributed by atoms with Crippen LogP contribution in [0.2, 0.25) is 0 Å². The molecule has 0 aliphatic carbocycles. The molecule has 0 aliphatic heterocycles. The predicted molar refractivity (Wildman–Crippen MR) is 204 cm³/mol. The summed E-state index contributed by atoms with van der Waals surface area (Å²) < 4.78 is 0. The molecule has 0 aliphatic rings. The third-order valence-electron chi connectivity index (χ3n) is 9.53. The number of carbonyl (C=O) groups excluding carboxylic acids is 1. The van der Waals surface area contributed by atoms with Crippen molar-refractivity contribution in [1.82, 2.24) is 5.32 Å². The summed E-state index contributed by atoms with van der Waals surface area (Å²) >= 11 is 0. The number of hydrogen-bond acceptors (Lipinski definition) is 4. The molecular formula is C42H81NO4. The summed E-state index contributed by atoms with van der Waals surface area (Å²) in [6, 6.07) is -0.827. The molecule has 5 heteroatoms. The second-order valence-corrected chi connectivity index (χ2v) is 14.2. The van der Waals surface area contributed by atoms with E-state index in [0.717, 1.165) is 44.9 Å². The standard InChI is InChI=1S/C42H81NO4/c1-3-5-7-9-11-13-15-16-17-18-19-20-21-22-23-24-25-27-28-30-32-34-36-40(45)42(47)39(38-44)43-41(46)37-35-33-31-29-26-14-12-10-8-6-4-2/h10,12,28,30,39-40,42,44-45,47H,3-9,11,13-27,29,31-38H2,1-2H3,(H,43,46)/b12-10-,30-28+. The van der Waals surface area contributed by atoms with Crippen LogP contribution >= 0.6 is 0 Å². The Kier molecular flexibility index (Phi) is 36.7. The fourth-order valence-electron chi connectivity index (χ4n) is 6.26. The molecule has 3 atom stereocenters. The Bertz CT molecular complexity index is 694. The SMILES string of the molecule is CCCC/C=C\CCCCCCCC(=O)NC(CO)C(O)C(O)CCC/C=C/CCCCCCCCCCCCCCCCCCC. The van der Waals surface area contributed by atoms with E-state index in [1.165, 1.54) is 141 Å². The zero-order chi connectivity index (χ0) is 34.5. The van der Waals surface area contributed by atoms with Crippen molar-refractivity contribution >= 4 is 5.91 Å². The molecule has 1 amide bonds. The van der Waals surface area contributed by atoms with Gasteiger partial charge in [-0.3, -0.25) is 4.79 Å². The smallest absolute Gasteiger partial charge is 0.220 e. The van der Waals surface area contributed by atoms with Gasteiger partial charge < -0.3 is 20.6 Å². The van der Waals surface area contributed by atoms with Gasteiger partial charge >= 0.3 is 0 Å². The summed E-state index contributed by atoms with van der Waals surface area (Å²) in [5.74, 6) is -0.165. The number of aliphatic hydroxyl groups is 3. The minimum Gasteiger partial charge on any atom is -0.394 e. The maximum Gasteiger partial charge on any atom is 0.220 e. The van der Waals surface area contributed by atoms with Crippen LogP contribution < -0.4 is 5.32 Å². The van der Waals surface area contributed by atoms with Crippen LogP contribution in [0.15, 0.2) is 24.3 Å². The first-order chi connectivity index (χ1) is 23.1. The number of nitrogens with one attached hydrogen (secondary N) is 1. The van der Waals surface area contributed by atoms with Crippen molar-refractivity contribution in [2.75, 3.05) is 6.61 Å². The third-order valence-corrected chi connectivity index (χ3v) is 9.53. The van der Waals surface area contributed by atoms with Crippen LogP contribution in [0, 0.1) is 0 Å². The highest BCUT2D eigenvalue weighted by atomic mass is 16.3. The first kappa shape index (κ1) is 45.8. The van der Waals surface area contributed by atoms with Gasteiger partial charge in [0.1, 0.15) is 6.10 Å². The molecule has 0 rings (SSSR count). The Labute approximate surface area is 292 Å². The number of amides is 1. The fraction of sp³-hybridized carbons (Fsp3) is 0.881. The van der Waals surface area contributed by atoms with Gasteiger partial charge in [0, 0.05) is 6.42 Å². The molecule has 0 saturated heterocycles. The Morgan fingerprint density at radius 3 is 1.30 bits per heavy atom. The number of allylic oxidation sites excluding steroid dienone is 4.